The molecular formula is C17H15BrN2O. The summed E-state index contributed by atoms with van der Waals surface area (Å²) in [6.45, 7) is 0.415. The van der Waals surface area contributed by atoms with Crippen molar-refractivity contribution in [1.29, 1.82) is 0 Å². The van der Waals surface area contributed by atoms with Crippen LogP contribution in [0.15, 0.2) is 65.3 Å². The van der Waals surface area contributed by atoms with E-state index in [9.17, 15) is 0 Å². The van der Waals surface area contributed by atoms with Crippen LogP contribution in [0.2, 0.25) is 0 Å². The van der Waals surface area contributed by atoms with Crippen molar-refractivity contribution in [2.45, 2.75) is 6.10 Å². The fourth-order valence-corrected chi connectivity index (χ4v) is 2.53. The van der Waals surface area contributed by atoms with Crippen LogP contribution in [-0.4, -0.2) is 11.5 Å². The van der Waals surface area contributed by atoms with Gasteiger partial charge in [0.25, 0.3) is 0 Å². The monoisotopic (exact) mass is 342 g/mol. The number of benzene rings is 2. The van der Waals surface area contributed by atoms with Gasteiger partial charge in [-0.05, 0) is 42.0 Å². The number of fused-ring (bicyclic) bond motifs is 1. The first-order chi connectivity index (χ1) is 10.3. The Morgan fingerprint density at radius 1 is 1.05 bits per heavy atom. The Morgan fingerprint density at radius 2 is 1.86 bits per heavy atom. The number of pyridine rings is 1. The molecule has 4 heteroatoms. The largest absolute Gasteiger partial charge is 0.484 e. The lowest BCUT2D eigenvalue weighted by Crippen LogP contribution is -2.18. The summed E-state index contributed by atoms with van der Waals surface area (Å²) in [4.78, 5) is 4.34. The highest BCUT2D eigenvalue weighted by Crippen LogP contribution is 2.28. The molecule has 0 saturated heterocycles. The van der Waals surface area contributed by atoms with E-state index in [1.807, 2.05) is 54.6 Å². The SMILES string of the molecule is NCC(Oc1cccc2ncccc12)c1ccc(Br)cc1. The molecule has 3 rings (SSSR count). The standard InChI is InChI=1S/C17H15BrN2O/c18-13-8-6-12(7-9-13)17(11-19)21-16-5-1-4-15-14(16)3-2-10-20-15/h1-10,17H,11,19H2. The zero-order valence-electron chi connectivity index (χ0n) is 11.4. The zero-order chi connectivity index (χ0) is 14.7. The molecule has 1 unspecified atom stereocenters. The minimum atomic E-state index is -0.177. The van der Waals surface area contributed by atoms with Crippen LogP contribution < -0.4 is 10.5 Å². The maximum Gasteiger partial charge on any atom is 0.136 e. The van der Waals surface area contributed by atoms with Gasteiger partial charge in [0.1, 0.15) is 11.9 Å². The number of hydrogen-bond acceptors (Lipinski definition) is 3. The average molecular weight is 343 g/mol. The number of nitrogens with two attached hydrogens (primary N) is 1. The van der Waals surface area contributed by atoms with Crippen LogP contribution in [0.1, 0.15) is 11.7 Å². The second kappa shape index (κ2) is 6.24. The maximum absolute atomic E-state index is 6.12. The first-order valence-electron chi connectivity index (χ1n) is 6.74. The second-order valence-electron chi connectivity index (χ2n) is 4.72. The van der Waals surface area contributed by atoms with E-state index in [1.54, 1.807) is 6.20 Å². The number of rotatable bonds is 4. The normalized spacial score (nSPS) is 12.3. The molecule has 21 heavy (non-hydrogen) atoms. The summed E-state index contributed by atoms with van der Waals surface area (Å²) in [5.41, 5.74) is 7.86. The Labute approximate surface area is 131 Å². The van der Waals surface area contributed by atoms with Crippen molar-refractivity contribution < 1.29 is 4.74 Å². The molecule has 0 radical (unpaired) electrons. The molecule has 0 amide bonds. The van der Waals surface area contributed by atoms with Crippen molar-refractivity contribution in [3.63, 3.8) is 0 Å². The molecule has 3 aromatic rings. The van der Waals surface area contributed by atoms with Crippen molar-refractivity contribution >= 4 is 26.8 Å². The van der Waals surface area contributed by atoms with Crippen LogP contribution in [-0.2, 0) is 0 Å². The number of nitrogens with zero attached hydrogens (tertiary/aromatic N) is 1. The number of aromatic nitrogens is 1. The smallest absolute Gasteiger partial charge is 0.136 e. The first-order valence-corrected chi connectivity index (χ1v) is 7.53. The lowest BCUT2D eigenvalue weighted by atomic mass is 10.1. The fraction of sp³-hybridized carbons (Fsp3) is 0.118. The average Bonchev–Trinajstić information content (AvgIpc) is 2.54. The van der Waals surface area contributed by atoms with Crippen LogP contribution in [0.5, 0.6) is 5.75 Å². The molecule has 0 spiro atoms. The maximum atomic E-state index is 6.12. The summed E-state index contributed by atoms with van der Waals surface area (Å²) in [5.74, 6) is 0.805. The van der Waals surface area contributed by atoms with E-state index in [-0.39, 0.29) is 6.10 Å². The Balaban J connectivity index is 1.94. The predicted molar refractivity (Wildman–Crippen MR) is 88.3 cm³/mol. The molecule has 106 valence electrons. The highest BCUT2D eigenvalue weighted by atomic mass is 79.9. The van der Waals surface area contributed by atoms with E-state index in [4.69, 9.17) is 10.5 Å². The van der Waals surface area contributed by atoms with Gasteiger partial charge >= 0.3 is 0 Å². The molecule has 0 aliphatic carbocycles. The van der Waals surface area contributed by atoms with Crippen LogP contribution in [0, 0.1) is 0 Å². The molecule has 0 aliphatic rings. The number of halogens is 1. The first kappa shape index (κ1) is 14.0. The summed E-state index contributed by atoms with van der Waals surface area (Å²) >= 11 is 3.44. The summed E-state index contributed by atoms with van der Waals surface area (Å²) in [6, 6.07) is 17.8. The summed E-state index contributed by atoms with van der Waals surface area (Å²) < 4.78 is 7.16. The van der Waals surface area contributed by atoms with Gasteiger partial charge in [-0.15, -0.1) is 0 Å². The molecule has 1 atom stereocenters. The lowest BCUT2D eigenvalue weighted by molar-refractivity contribution is 0.217. The number of hydrogen-bond donors (Lipinski definition) is 1. The van der Waals surface area contributed by atoms with Gasteiger partial charge in [-0.1, -0.05) is 34.1 Å². The van der Waals surface area contributed by atoms with Gasteiger partial charge in [0, 0.05) is 22.6 Å². The van der Waals surface area contributed by atoms with Gasteiger partial charge < -0.3 is 10.5 Å². The van der Waals surface area contributed by atoms with Crippen molar-refractivity contribution in [2.75, 3.05) is 6.54 Å². The van der Waals surface area contributed by atoms with Gasteiger partial charge in [0.15, 0.2) is 0 Å². The topological polar surface area (TPSA) is 48.1 Å². The van der Waals surface area contributed by atoms with Crippen LogP contribution in [0.3, 0.4) is 0 Å². The lowest BCUT2D eigenvalue weighted by Gasteiger charge is -2.19. The molecular weight excluding hydrogens is 328 g/mol. The van der Waals surface area contributed by atoms with E-state index in [0.717, 1.165) is 26.7 Å². The van der Waals surface area contributed by atoms with E-state index >= 15 is 0 Å². The minimum Gasteiger partial charge on any atom is -0.484 e. The number of ether oxygens (including phenoxy) is 1. The summed E-state index contributed by atoms with van der Waals surface area (Å²) in [5, 5.41) is 0.996. The third kappa shape index (κ3) is 3.06. The van der Waals surface area contributed by atoms with Crippen LogP contribution in [0.25, 0.3) is 10.9 Å². The summed E-state index contributed by atoms with van der Waals surface area (Å²) in [7, 11) is 0. The van der Waals surface area contributed by atoms with E-state index in [0.29, 0.717) is 6.54 Å². The molecule has 0 saturated carbocycles. The molecule has 0 fully saturated rings. The van der Waals surface area contributed by atoms with E-state index in [2.05, 4.69) is 20.9 Å². The fourth-order valence-electron chi connectivity index (χ4n) is 2.26. The molecule has 1 heterocycles. The van der Waals surface area contributed by atoms with Gasteiger partial charge in [0.05, 0.1) is 5.52 Å². The highest BCUT2D eigenvalue weighted by Gasteiger charge is 2.13. The molecule has 1 aromatic heterocycles. The Bertz CT molecular complexity index is 738. The summed E-state index contributed by atoms with van der Waals surface area (Å²) in [6.07, 6.45) is 1.60. The van der Waals surface area contributed by atoms with Crippen LogP contribution in [0.4, 0.5) is 0 Å². The Kier molecular flexibility index (Phi) is 4.18. The Morgan fingerprint density at radius 3 is 2.62 bits per heavy atom. The minimum absolute atomic E-state index is 0.177. The molecule has 0 aliphatic heterocycles. The van der Waals surface area contributed by atoms with Gasteiger partial charge in [0.2, 0.25) is 0 Å². The van der Waals surface area contributed by atoms with Crippen molar-refractivity contribution in [1.82, 2.24) is 4.98 Å². The van der Waals surface area contributed by atoms with Crippen LogP contribution >= 0.6 is 15.9 Å². The highest BCUT2D eigenvalue weighted by molar-refractivity contribution is 9.10. The molecule has 2 aromatic carbocycles. The van der Waals surface area contributed by atoms with Crippen molar-refractivity contribution in [2.24, 2.45) is 5.73 Å². The molecule has 0 bridgehead atoms. The third-order valence-corrected chi connectivity index (χ3v) is 3.86. The zero-order valence-corrected chi connectivity index (χ0v) is 13.0. The molecule has 3 nitrogen and oxygen atoms in total. The second-order valence-corrected chi connectivity index (χ2v) is 5.64. The Hall–Kier alpha value is -1.91. The van der Waals surface area contributed by atoms with Gasteiger partial charge in [-0.2, -0.15) is 0 Å². The molecule has 2 N–H and O–H groups in total. The van der Waals surface area contributed by atoms with Crippen molar-refractivity contribution in [3.8, 4) is 5.75 Å². The van der Waals surface area contributed by atoms with Gasteiger partial charge in [-0.3, -0.25) is 4.98 Å². The van der Waals surface area contributed by atoms with E-state index < -0.39 is 0 Å². The van der Waals surface area contributed by atoms with Crippen molar-refractivity contribution in [3.05, 3.63) is 70.8 Å². The predicted octanol–water partition coefficient (Wildman–Crippen LogP) is 4.08. The third-order valence-electron chi connectivity index (χ3n) is 3.33. The van der Waals surface area contributed by atoms with Gasteiger partial charge in [-0.25, -0.2) is 0 Å². The van der Waals surface area contributed by atoms with E-state index in [1.165, 1.54) is 0 Å². The quantitative estimate of drug-likeness (QED) is 0.777.